The lowest BCUT2D eigenvalue weighted by atomic mass is 10.1. The summed E-state index contributed by atoms with van der Waals surface area (Å²) in [5, 5.41) is 3.49. The van der Waals surface area contributed by atoms with Gasteiger partial charge in [-0.05, 0) is 36.1 Å². The Labute approximate surface area is 192 Å². The summed E-state index contributed by atoms with van der Waals surface area (Å²) in [6.45, 7) is 0.531. The standard InChI is InChI=1S/C19H17BrClF3N6O2/c20-12-1-2-13(21)11(5-12)9-30-15-14(27-18(30)32)7-26-17(28-15)25-6-10-3-4-29(8-10)16(31)19(22,23)24/h1-2,5,7,10H,3-4,6,8-9H2,(H,27,32)(H,25,26,28)/t10-/m0/s1. The van der Waals surface area contributed by atoms with Gasteiger partial charge in [0.05, 0.1) is 12.7 Å². The molecular formula is C19H17BrClF3N6O2. The van der Waals surface area contributed by atoms with E-state index in [0.29, 0.717) is 29.2 Å². The van der Waals surface area contributed by atoms with Gasteiger partial charge in [-0.1, -0.05) is 27.5 Å². The lowest BCUT2D eigenvalue weighted by Gasteiger charge is -2.18. The van der Waals surface area contributed by atoms with Crippen molar-refractivity contribution in [2.75, 3.05) is 25.0 Å². The van der Waals surface area contributed by atoms with E-state index in [1.165, 1.54) is 10.8 Å². The van der Waals surface area contributed by atoms with Gasteiger partial charge in [0.2, 0.25) is 5.95 Å². The molecule has 1 fully saturated rings. The van der Waals surface area contributed by atoms with Gasteiger partial charge in [-0.25, -0.2) is 9.78 Å². The number of anilines is 1. The second-order valence-electron chi connectivity index (χ2n) is 7.47. The monoisotopic (exact) mass is 532 g/mol. The number of aromatic amines is 1. The number of hydrogen-bond acceptors (Lipinski definition) is 5. The van der Waals surface area contributed by atoms with Gasteiger partial charge in [0, 0.05) is 29.1 Å². The summed E-state index contributed by atoms with van der Waals surface area (Å²) < 4.78 is 40.0. The van der Waals surface area contributed by atoms with Crippen LogP contribution in [0.2, 0.25) is 5.02 Å². The van der Waals surface area contributed by atoms with Crippen molar-refractivity contribution in [1.29, 1.82) is 0 Å². The van der Waals surface area contributed by atoms with Crippen LogP contribution < -0.4 is 11.0 Å². The molecule has 0 bridgehead atoms. The van der Waals surface area contributed by atoms with Crippen molar-refractivity contribution in [1.82, 2.24) is 24.4 Å². The molecule has 13 heteroatoms. The highest BCUT2D eigenvalue weighted by Gasteiger charge is 2.44. The van der Waals surface area contributed by atoms with Gasteiger partial charge >= 0.3 is 17.8 Å². The summed E-state index contributed by atoms with van der Waals surface area (Å²) in [6.07, 6.45) is -2.97. The van der Waals surface area contributed by atoms with Crippen LogP contribution in [-0.2, 0) is 11.3 Å². The molecule has 1 aromatic carbocycles. The van der Waals surface area contributed by atoms with Crippen molar-refractivity contribution in [3.8, 4) is 0 Å². The highest BCUT2D eigenvalue weighted by Crippen LogP contribution is 2.25. The van der Waals surface area contributed by atoms with E-state index in [9.17, 15) is 22.8 Å². The molecule has 3 heterocycles. The Kier molecular flexibility index (Phi) is 6.17. The predicted molar refractivity (Wildman–Crippen MR) is 116 cm³/mol. The zero-order valence-electron chi connectivity index (χ0n) is 16.4. The third-order valence-corrected chi connectivity index (χ3v) is 6.07. The molecule has 1 aliphatic heterocycles. The van der Waals surface area contributed by atoms with Gasteiger partial charge in [-0.3, -0.25) is 9.36 Å². The normalized spacial score (nSPS) is 16.7. The third-order valence-electron chi connectivity index (χ3n) is 5.21. The number of nitrogens with zero attached hydrogens (tertiary/aromatic N) is 4. The van der Waals surface area contributed by atoms with Crippen LogP contribution in [0.1, 0.15) is 12.0 Å². The maximum atomic E-state index is 12.6. The van der Waals surface area contributed by atoms with Crippen LogP contribution in [0.5, 0.6) is 0 Å². The third kappa shape index (κ3) is 4.75. The molecule has 1 saturated heterocycles. The van der Waals surface area contributed by atoms with Crippen LogP contribution in [0.15, 0.2) is 33.7 Å². The van der Waals surface area contributed by atoms with Crippen molar-refractivity contribution in [2.24, 2.45) is 5.92 Å². The number of H-pyrrole nitrogens is 1. The number of benzene rings is 1. The summed E-state index contributed by atoms with van der Waals surface area (Å²) in [4.78, 5) is 35.9. The molecule has 3 aromatic rings. The number of aromatic nitrogens is 4. The molecule has 0 aliphatic carbocycles. The minimum Gasteiger partial charge on any atom is -0.354 e. The second kappa shape index (κ2) is 8.74. The number of likely N-dealkylation sites (tertiary alicyclic amines) is 1. The Morgan fingerprint density at radius 1 is 1.38 bits per heavy atom. The molecule has 0 spiro atoms. The summed E-state index contributed by atoms with van der Waals surface area (Å²) in [6, 6.07) is 5.32. The predicted octanol–water partition coefficient (Wildman–Crippen LogP) is 3.41. The Morgan fingerprint density at radius 3 is 2.91 bits per heavy atom. The van der Waals surface area contributed by atoms with E-state index in [1.807, 2.05) is 6.07 Å². The maximum Gasteiger partial charge on any atom is 0.471 e. The Bertz CT molecular complexity index is 1230. The minimum absolute atomic E-state index is 0.00380. The number of halogens is 5. The molecule has 0 radical (unpaired) electrons. The van der Waals surface area contributed by atoms with E-state index in [1.54, 1.807) is 12.1 Å². The van der Waals surface area contributed by atoms with Gasteiger partial charge in [0.1, 0.15) is 5.52 Å². The van der Waals surface area contributed by atoms with Crippen LogP contribution >= 0.6 is 27.5 Å². The Balaban J connectivity index is 1.48. The Morgan fingerprint density at radius 2 is 2.16 bits per heavy atom. The smallest absolute Gasteiger partial charge is 0.354 e. The first-order valence-electron chi connectivity index (χ1n) is 9.61. The molecule has 0 unspecified atom stereocenters. The Hall–Kier alpha value is -2.60. The molecule has 4 rings (SSSR count). The fraction of sp³-hybridized carbons (Fsp3) is 0.368. The van der Waals surface area contributed by atoms with Crippen LogP contribution in [0.4, 0.5) is 19.1 Å². The first kappa shape index (κ1) is 22.6. The molecule has 0 saturated carbocycles. The summed E-state index contributed by atoms with van der Waals surface area (Å²) >= 11 is 9.62. The first-order valence-corrected chi connectivity index (χ1v) is 10.8. The number of hydrogen-bond donors (Lipinski definition) is 2. The van der Waals surface area contributed by atoms with E-state index in [0.717, 1.165) is 14.9 Å². The molecule has 1 aliphatic rings. The topological polar surface area (TPSA) is 95.9 Å². The highest BCUT2D eigenvalue weighted by atomic mass is 79.9. The van der Waals surface area contributed by atoms with Crippen LogP contribution in [0, 0.1) is 5.92 Å². The number of imidazole rings is 1. The van der Waals surface area contributed by atoms with Gasteiger partial charge in [0.15, 0.2) is 5.65 Å². The fourth-order valence-corrected chi connectivity index (χ4v) is 4.20. The molecule has 2 aromatic heterocycles. The number of carbonyl (C=O) groups is 1. The lowest BCUT2D eigenvalue weighted by molar-refractivity contribution is -0.184. The number of rotatable bonds is 5. The van der Waals surface area contributed by atoms with Crippen molar-refractivity contribution in [2.45, 2.75) is 19.1 Å². The molecule has 2 N–H and O–H groups in total. The number of alkyl halides is 3. The van der Waals surface area contributed by atoms with E-state index >= 15 is 0 Å². The first-order chi connectivity index (χ1) is 15.1. The number of amides is 1. The minimum atomic E-state index is -4.87. The van der Waals surface area contributed by atoms with Gasteiger partial charge in [0.25, 0.3) is 0 Å². The summed E-state index contributed by atoms with van der Waals surface area (Å²) in [5.74, 6) is -1.76. The maximum absolute atomic E-state index is 12.6. The van der Waals surface area contributed by atoms with Crippen molar-refractivity contribution in [3.63, 3.8) is 0 Å². The molecule has 32 heavy (non-hydrogen) atoms. The second-order valence-corrected chi connectivity index (χ2v) is 8.79. The van der Waals surface area contributed by atoms with Crippen LogP contribution in [0.25, 0.3) is 11.2 Å². The average Bonchev–Trinajstić information content (AvgIpc) is 3.32. The molecule has 1 atom stereocenters. The summed E-state index contributed by atoms with van der Waals surface area (Å²) in [7, 11) is 0. The number of nitrogens with one attached hydrogen (secondary N) is 2. The zero-order chi connectivity index (χ0) is 23.0. The highest BCUT2D eigenvalue weighted by molar-refractivity contribution is 9.10. The van der Waals surface area contributed by atoms with Gasteiger partial charge in [-0.15, -0.1) is 0 Å². The van der Waals surface area contributed by atoms with Gasteiger partial charge in [-0.2, -0.15) is 18.2 Å². The quantitative estimate of drug-likeness (QED) is 0.524. The largest absolute Gasteiger partial charge is 0.471 e. The lowest BCUT2D eigenvalue weighted by Crippen LogP contribution is -2.39. The fourth-order valence-electron chi connectivity index (χ4n) is 3.61. The van der Waals surface area contributed by atoms with E-state index in [-0.39, 0.29) is 37.2 Å². The number of carbonyl (C=O) groups excluding carboxylic acids is 1. The van der Waals surface area contributed by atoms with E-state index < -0.39 is 12.1 Å². The van der Waals surface area contributed by atoms with Crippen molar-refractivity contribution >= 4 is 50.6 Å². The van der Waals surface area contributed by atoms with E-state index in [2.05, 4.69) is 36.2 Å². The van der Waals surface area contributed by atoms with Crippen LogP contribution in [0.3, 0.4) is 0 Å². The van der Waals surface area contributed by atoms with E-state index in [4.69, 9.17) is 11.6 Å². The number of fused-ring (bicyclic) bond motifs is 1. The molecule has 1 amide bonds. The molecule has 8 nitrogen and oxygen atoms in total. The van der Waals surface area contributed by atoms with Crippen molar-refractivity contribution < 1.29 is 18.0 Å². The van der Waals surface area contributed by atoms with Crippen LogP contribution in [-0.4, -0.2) is 56.1 Å². The SMILES string of the molecule is O=C(N1CC[C@@H](CNc2ncc3[nH]c(=O)n(Cc4cc(Br)ccc4Cl)c3n2)C1)C(F)(F)F. The molecule has 170 valence electrons. The van der Waals surface area contributed by atoms with Gasteiger partial charge < -0.3 is 15.2 Å². The average molecular weight is 534 g/mol. The van der Waals surface area contributed by atoms with Crippen molar-refractivity contribution in [3.05, 3.63) is 49.9 Å². The molecular weight excluding hydrogens is 517 g/mol. The zero-order valence-corrected chi connectivity index (χ0v) is 18.8. The summed E-state index contributed by atoms with van der Waals surface area (Å²) in [5.41, 5.74) is 1.15.